The van der Waals surface area contributed by atoms with Crippen LogP contribution in [0.4, 0.5) is 0 Å². The van der Waals surface area contributed by atoms with E-state index >= 15 is 0 Å². The van der Waals surface area contributed by atoms with Crippen molar-refractivity contribution >= 4 is 17.7 Å². The van der Waals surface area contributed by atoms with E-state index in [1.165, 1.54) is 0 Å². The van der Waals surface area contributed by atoms with Crippen LogP contribution in [0.1, 0.15) is 45.1 Å². The van der Waals surface area contributed by atoms with Gasteiger partial charge in [-0.3, -0.25) is 14.4 Å². The number of nitrogens with one attached hydrogen (secondary N) is 1. The summed E-state index contributed by atoms with van der Waals surface area (Å²) in [6.07, 6.45) is 0.857. The smallest absolute Gasteiger partial charge is 0.245 e. The Labute approximate surface area is 153 Å². The van der Waals surface area contributed by atoms with Crippen LogP contribution in [0, 0.1) is 6.92 Å². The van der Waals surface area contributed by atoms with E-state index in [1.807, 2.05) is 13.8 Å². The zero-order chi connectivity index (χ0) is 19.3. The monoisotopic (exact) mass is 364 g/mol. The summed E-state index contributed by atoms with van der Waals surface area (Å²) in [5.74, 6) is 0.122. The Balaban J connectivity index is 2.15. The molecule has 1 aromatic heterocycles. The van der Waals surface area contributed by atoms with Gasteiger partial charge in [0.1, 0.15) is 11.8 Å². The minimum Gasteiger partial charge on any atom is -0.361 e. The molecule has 26 heavy (non-hydrogen) atoms. The average molecular weight is 364 g/mol. The van der Waals surface area contributed by atoms with Crippen molar-refractivity contribution in [3.8, 4) is 0 Å². The predicted molar refractivity (Wildman–Crippen MR) is 95.2 cm³/mol. The van der Waals surface area contributed by atoms with Crippen LogP contribution in [0.2, 0.25) is 0 Å². The van der Waals surface area contributed by atoms with Crippen molar-refractivity contribution < 1.29 is 18.9 Å². The second-order valence-electron chi connectivity index (χ2n) is 6.54. The molecule has 0 aliphatic carbocycles. The van der Waals surface area contributed by atoms with E-state index in [4.69, 9.17) is 4.52 Å². The van der Waals surface area contributed by atoms with Gasteiger partial charge in [0.25, 0.3) is 0 Å². The number of aromatic nitrogens is 1. The molecule has 1 saturated heterocycles. The molecule has 2 atom stereocenters. The largest absolute Gasteiger partial charge is 0.361 e. The lowest BCUT2D eigenvalue weighted by atomic mass is 10.1. The van der Waals surface area contributed by atoms with Crippen LogP contribution in [0.25, 0.3) is 0 Å². The first-order valence-corrected chi connectivity index (χ1v) is 9.19. The van der Waals surface area contributed by atoms with Gasteiger partial charge in [0.15, 0.2) is 0 Å². The number of hydrogen-bond donors (Lipinski definition) is 1. The highest BCUT2D eigenvalue weighted by molar-refractivity contribution is 5.89. The number of likely N-dealkylation sites (tertiary alicyclic amines) is 1. The van der Waals surface area contributed by atoms with Crippen LogP contribution in [-0.2, 0) is 20.8 Å². The standard InChI is InChI=1S/C18H28N4O4/c1-5-16(23)19-13-9-15(18(25)21(6-2)7-3)22(11-13)17(24)10-14-8-12(4)20-26-14/h8,13,15H,5-7,9-11H2,1-4H3,(H,19,23)/t13-,15+/m1/s1. The zero-order valence-electron chi connectivity index (χ0n) is 15.9. The number of carbonyl (C=O) groups is 3. The first-order chi connectivity index (χ1) is 12.4. The number of carbonyl (C=O) groups excluding carboxylic acids is 3. The second kappa shape index (κ2) is 8.82. The minimum absolute atomic E-state index is 0.0529. The van der Waals surface area contributed by atoms with E-state index < -0.39 is 6.04 Å². The van der Waals surface area contributed by atoms with Crippen LogP contribution in [0.5, 0.6) is 0 Å². The van der Waals surface area contributed by atoms with Gasteiger partial charge in [-0.25, -0.2) is 0 Å². The van der Waals surface area contributed by atoms with Gasteiger partial charge in [-0.2, -0.15) is 0 Å². The van der Waals surface area contributed by atoms with Crippen LogP contribution in [0.3, 0.4) is 0 Å². The fraction of sp³-hybridized carbons (Fsp3) is 0.667. The van der Waals surface area contributed by atoms with Gasteiger partial charge in [-0.1, -0.05) is 12.1 Å². The molecular formula is C18H28N4O4. The molecule has 1 aliphatic rings. The molecule has 1 N–H and O–H groups in total. The van der Waals surface area contributed by atoms with Crippen LogP contribution >= 0.6 is 0 Å². The Hall–Kier alpha value is -2.38. The van der Waals surface area contributed by atoms with Crippen LogP contribution in [-0.4, -0.2) is 64.4 Å². The van der Waals surface area contributed by atoms with E-state index in [0.29, 0.717) is 43.9 Å². The second-order valence-corrected chi connectivity index (χ2v) is 6.54. The van der Waals surface area contributed by atoms with Crippen LogP contribution in [0.15, 0.2) is 10.6 Å². The van der Waals surface area contributed by atoms with Crippen LogP contribution < -0.4 is 5.32 Å². The SMILES string of the molecule is CCC(=O)N[C@@H]1C[C@@H](C(=O)N(CC)CC)N(C(=O)Cc2cc(C)no2)C1. The number of hydrogen-bond acceptors (Lipinski definition) is 5. The summed E-state index contributed by atoms with van der Waals surface area (Å²) >= 11 is 0. The van der Waals surface area contributed by atoms with E-state index in [-0.39, 0.29) is 30.2 Å². The molecule has 0 bridgehead atoms. The number of aryl methyl sites for hydroxylation is 1. The molecule has 144 valence electrons. The van der Waals surface area contributed by atoms with E-state index in [2.05, 4.69) is 10.5 Å². The first kappa shape index (κ1) is 19.9. The van der Waals surface area contributed by atoms with Gasteiger partial charge in [-0.15, -0.1) is 0 Å². The third-order valence-electron chi connectivity index (χ3n) is 4.67. The molecule has 1 aromatic rings. The molecule has 1 fully saturated rings. The van der Waals surface area contributed by atoms with E-state index in [9.17, 15) is 14.4 Å². The fourth-order valence-corrected chi connectivity index (χ4v) is 3.28. The van der Waals surface area contributed by atoms with Gasteiger partial charge < -0.3 is 19.6 Å². The molecule has 2 heterocycles. The molecule has 0 saturated carbocycles. The Bertz CT molecular complexity index is 653. The topological polar surface area (TPSA) is 95.8 Å². The Morgan fingerprint density at radius 1 is 1.31 bits per heavy atom. The molecule has 8 nitrogen and oxygen atoms in total. The van der Waals surface area contributed by atoms with E-state index in [1.54, 1.807) is 29.7 Å². The zero-order valence-corrected chi connectivity index (χ0v) is 15.9. The molecule has 2 rings (SSSR count). The molecule has 0 unspecified atom stereocenters. The van der Waals surface area contributed by atoms with Crippen molar-refractivity contribution in [2.24, 2.45) is 0 Å². The normalized spacial score (nSPS) is 19.5. The maximum Gasteiger partial charge on any atom is 0.245 e. The third kappa shape index (κ3) is 4.62. The van der Waals surface area contributed by atoms with Crippen molar-refractivity contribution in [3.63, 3.8) is 0 Å². The average Bonchev–Trinajstić information content (AvgIpc) is 3.22. The van der Waals surface area contributed by atoms with E-state index in [0.717, 1.165) is 0 Å². The maximum absolute atomic E-state index is 12.9. The number of rotatable bonds is 7. The lowest BCUT2D eigenvalue weighted by molar-refractivity contribution is -0.143. The number of nitrogens with zero attached hydrogens (tertiary/aromatic N) is 3. The van der Waals surface area contributed by atoms with Gasteiger partial charge in [-0.05, 0) is 27.2 Å². The summed E-state index contributed by atoms with van der Waals surface area (Å²) in [7, 11) is 0. The summed E-state index contributed by atoms with van der Waals surface area (Å²) in [5.41, 5.74) is 0.707. The number of amides is 3. The summed E-state index contributed by atoms with van der Waals surface area (Å²) < 4.78 is 5.13. The fourth-order valence-electron chi connectivity index (χ4n) is 3.28. The first-order valence-electron chi connectivity index (χ1n) is 9.19. The molecule has 3 amide bonds. The van der Waals surface area contributed by atoms with Crippen molar-refractivity contribution in [3.05, 3.63) is 17.5 Å². The molecule has 0 spiro atoms. The lowest BCUT2D eigenvalue weighted by Gasteiger charge is -2.28. The lowest BCUT2D eigenvalue weighted by Crippen LogP contribution is -2.48. The highest BCUT2D eigenvalue weighted by atomic mass is 16.5. The Kier molecular flexibility index (Phi) is 6.76. The van der Waals surface area contributed by atoms with Crippen molar-refractivity contribution in [2.45, 2.75) is 59.0 Å². The highest BCUT2D eigenvalue weighted by Crippen LogP contribution is 2.22. The molecule has 1 aliphatic heterocycles. The van der Waals surface area contributed by atoms with Crippen molar-refractivity contribution in [1.82, 2.24) is 20.3 Å². The summed E-state index contributed by atoms with van der Waals surface area (Å²) in [6, 6.07) is 0.937. The molecule has 0 radical (unpaired) electrons. The van der Waals surface area contributed by atoms with Crippen molar-refractivity contribution in [2.75, 3.05) is 19.6 Å². The molecular weight excluding hydrogens is 336 g/mol. The summed E-state index contributed by atoms with van der Waals surface area (Å²) in [5, 5.41) is 6.69. The molecule has 0 aromatic carbocycles. The van der Waals surface area contributed by atoms with Gasteiger partial charge >= 0.3 is 0 Å². The van der Waals surface area contributed by atoms with Gasteiger partial charge in [0.05, 0.1) is 12.1 Å². The Morgan fingerprint density at radius 3 is 2.54 bits per heavy atom. The number of likely N-dealkylation sites (N-methyl/N-ethyl adjacent to an activating group) is 1. The van der Waals surface area contributed by atoms with Gasteiger partial charge in [0, 0.05) is 38.2 Å². The predicted octanol–water partition coefficient (Wildman–Crippen LogP) is 0.890. The minimum atomic E-state index is -0.562. The highest BCUT2D eigenvalue weighted by Gasteiger charge is 2.41. The quantitative estimate of drug-likeness (QED) is 0.775. The third-order valence-corrected chi connectivity index (χ3v) is 4.67. The summed E-state index contributed by atoms with van der Waals surface area (Å²) in [6.45, 7) is 8.89. The van der Waals surface area contributed by atoms with Gasteiger partial charge in [0.2, 0.25) is 17.7 Å². The summed E-state index contributed by atoms with van der Waals surface area (Å²) in [4.78, 5) is 40.7. The Morgan fingerprint density at radius 2 is 2.00 bits per heavy atom. The molecule has 8 heteroatoms. The van der Waals surface area contributed by atoms with Crippen molar-refractivity contribution in [1.29, 1.82) is 0 Å². The maximum atomic E-state index is 12.9.